The van der Waals surface area contributed by atoms with E-state index in [0.29, 0.717) is 26.1 Å². The number of carbonyl (C=O) groups excluding carboxylic acids is 2. The van der Waals surface area contributed by atoms with Crippen LogP contribution in [-0.4, -0.2) is 62.0 Å². The van der Waals surface area contributed by atoms with Crippen LogP contribution in [-0.2, 0) is 14.3 Å². The summed E-state index contributed by atoms with van der Waals surface area (Å²) in [5, 5.41) is 1.36. The van der Waals surface area contributed by atoms with E-state index in [2.05, 4.69) is 6.92 Å². The Morgan fingerprint density at radius 1 is 1.47 bits per heavy atom. The Balaban J connectivity index is 2.59. The van der Waals surface area contributed by atoms with Crippen LogP contribution in [0.25, 0.3) is 0 Å². The van der Waals surface area contributed by atoms with Crippen LogP contribution in [0.3, 0.4) is 0 Å². The molecule has 1 fully saturated rings. The summed E-state index contributed by atoms with van der Waals surface area (Å²) < 4.78 is 4.73. The minimum Gasteiger partial charge on any atom is -0.434 e. The van der Waals surface area contributed by atoms with Gasteiger partial charge in [0.2, 0.25) is 0 Å². The molecule has 6 nitrogen and oxygen atoms in total. The summed E-state index contributed by atoms with van der Waals surface area (Å²) in [6.07, 6.45) is 2.49. The molecule has 0 bridgehead atoms. The van der Waals surface area contributed by atoms with Crippen LogP contribution in [0.4, 0.5) is 4.79 Å². The lowest BCUT2D eigenvalue weighted by Crippen LogP contribution is -2.57. The van der Waals surface area contributed by atoms with E-state index < -0.39 is 6.04 Å². The van der Waals surface area contributed by atoms with Crippen molar-refractivity contribution >= 4 is 19.2 Å². The first-order valence-corrected chi connectivity index (χ1v) is 6.76. The lowest BCUT2D eigenvalue weighted by Gasteiger charge is -2.39. The zero-order valence-electron chi connectivity index (χ0n) is 11.9. The van der Waals surface area contributed by atoms with Gasteiger partial charge in [-0.2, -0.15) is 0 Å². The molecule has 107 valence electrons. The van der Waals surface area contributed by atoms with E-state index in [0.717, 1.165) is 20.3 Å². The lowest BCUT2D eigenvalue weighted by molar-refractivity contribution is -0.147. The number of carbonyl (C=O) groups is 2. The van der Waals surface area contributed by atoms with Gasteiger partial charge in [0.1, 0.15) is 5.68 Å². The first-order chi connectivity index (χ1) is 9.15. The molecular formula is C12H22BN2O4. The summed E-state index contributed by atoms with van der Waals surface area (Å²) in [5.74, 6) is 0. The molecule has 1 aliphatic rings. The van der Waals surface area contributed by atoms with Crippen molar-refractivity contribution in [1.29, 1.82) is 0 Å². The second-order valence-electron chi connectivity index (χ2n) is 4.42. The fourth-order valence-corrected chi connectivity index (χ4v) is 2.05. The van der Waals surface area contributed by atoms with Crippen molar-refractivity contribution in [2.75, 3.05) is 26.8 Å². The number of hydrogen-bond acceptors (Lipinski definition) is 4. The van der Waals surface area contributed by atoms with Crippen molar-refractivity contribution in [3.8, 4) is 0 Å². The summed E-state index contributed by atoms with van der Waals surface area (Å²) in [6.45, 7) is 5.35. The van der Waals surface area contributed by atoms with Gasteiger partial charge in [-0.25, -0.2) is 9.86 Å². The van der Waals surface area contributed by atoms with Gasteiger partial charge < -0.3 is 14.3 Å². The smallest absolute Gasteiger partial charge is 0.378 e. The molecule has 0 aromatic heterocycles. The maximum atomic E-state index is 12.2. The lowest BCUT2D eigenvalue weighted by atomic mass is 9.84. The van der Waals surface area contributed by atoms with Crippen LogP contribution in [0.2, 0.25) is 0 Å². The Hall–Kier alpha value is -1.08. The molecule has 0 spiro atoms. The largest absolute Gasteiger partial charge is 0.434 e. The first-order valence-electron chi connectivity index (χ1n) is 6.76. The highest BCUT2D eigenvalue weighted by Crippen LogP contribution is 2.17. The number of unbranched alkanes of at least 4 members (excludes halogenated alkanes) is 1. The predicted molar refractivity (Wildman–Crippen MR) is 71.5 cm³/mol. The van der Waals surface area contributed by atoms with E-state index in [1.54, 1.807) is 0 Å². The van der Waals surface area contributed by atoms with Crippen molar-refractivity contribution in [3.05, 3.63) is 0 Å². The third-order valence-electron chi connectivity index (χ3n) is 3.09. The molecule has 1 radical (unpaired) electrons. The topological polar surface area (TPSA) is 59.1 Å². The van der Waals surface area contributed by atoms with Crippen LogP contribution >= 0.6 is 0 Å². The second kappa shape index (κ2) is 8.17. The fourth-order valence-electron chi connectivity index (χ4n) is 2.05. The van der Waals surface area contributed by atoms with Crippen molar-refractivity contribution < 1.29 is 19.1 Å². The number of rotatable bonds is 8. The molecule has 19 heavy (non-hydrogen) atoms. The maximum Gasteiger partial charge on any atom is 0.378 e. The standard InChI is InChI=1S/C12H22BN2O4/c1-4-6-9-19-15-8-7-10(11(16)13-18-3)14(5-2)12(15)17/h10H,4-9H2,1-3H3/t10-/m0/s1. The van der Waals surface area contributed by atoms with Crippen LogP contribution in [0.5, 0.6) is 0 Å². The third-order valence-corrected chi connectivity index (χ3v) is 3.09. The Kier molecular flexibility index (Phi) is 6.87. The van der Waals surface area contributed by atoms with Crippen LogP contribution in [0.15, 0.2) is 0 Å². The van der Waals surface area contributed by atoms with Gasteiger partial charge in [0.05, 0.1) is 19.2 Å². The first kappa shape index (κ1) is 16.0. The highest BCUT2D eigenvalue weighted by atomic mass is 16.7. The molecule has 1 rings (SSSR count). The molecule has 2 amide bonds. The van der Waals surface area contributed by atoms with Crippen LogP contribution in [0.1, 0.15) is 33.1 Å². The van der Waals surface area contributed by atoms with Crippen LogP contribution < -0.4 is 0 Å². The highest BCUT2D eigenvalue weighted by molar-refractivity contribution is 6.70. The molecule has 1 aliphatic heterocycles. The quantitative estimate of drug-likeness (QED) is 0.487. The number of hydrogen-bond donors (Lipinski definition) is 0. The molecule has 1 saturated heterocycles. The molecular weight excluding hydrogens is 247 g/mol. The average Bonchev–Trinajstić information content (AvgIpc) is 2.40. The van der Waals surface area contributed by atoms with Crippen molar-refractivity contribution in [2.24, 2.45) is 0 Å². The number of hydroxylamine groups is 2. The van der Waals surface area contributed by atoms with Gasteiger partial charge in [-0.15, -0.1) is 0 Å². The molecule has 0 unspecified atom stereocenters. The van der Waals surface area contributed by atoms with E-state index in [1.165, 1.54) is 17.1 Å². The van der Waals surface area contributed by atoms with E-state index in [9.17, 15) is 9.59 Å². The Bertz CT molecular complexity index is 314. The van der Waals surface area contributed by atoms with Gasteiger partial charge in [0.25, 0.3) is 0 Å². The molecule has 0 saturated carbocycles. The van der Waals surface area contributed by atoms with Crippen molar-refractivity contribution in [2.45, 2.75) is 39.2 Å². The normalized spacial score (nSPS) is 19.7. The summed E-state index contributed by atoms with van der Waals surface area (Å²) >= 11 is 0. The zero-order valence-corrected chi connectivity index (χ0v) is 11.9. The molecule has 1 atom stereocenters. The second-order valence-corrected chi connectivity index (χ2v) is 4.42. The van der Waals surface area contributed by atoms with E-state index in [1.807, 2.05) is 6.92 Å². The SMILES string of the molecule is CCCCON1CC[C@@H](C(=O)[B]OC)N(CC)C1=O. The molecule has 0 aromatic rings. The van der Waals surface area contributed by atoms with Crippen molar-refractivity contribution in [1.82, 2.24) is 9.96 Å². The Morgan fingerprint density at radius 2 is 2.21 bits per heavy atom. The predicted octanol–water partition coefficient (Wildman–Crippen LogP) is 1.03. The average molecular weight is 269 g/mol. The zero-order chi connectivity index (χ0) is 14.3. The number of urea groups is 1. The number of likely N-dealkylation sites (N-methyl/N-ethyl adjacent to an activating group) is 1. The van der Waals surface area contributed by atoms with Gasteiger partial charge in [-0.05, 0) is 19.8 Å². The molecule has 7 heteroatoms. The van der Waals surface area contributed by atoms with Gasteiger partial charge in [-0.3, -0.25) is 4.84 Å². The molecule has 1 heterocycles. The number of nitrogens with zero attached hydrogens (tertiary/aromatic N) is 2. The summed E-state index contributed by atoms with van der Waals surface area (Å²) in [6, 6.07) is -0.684. The Morgan fingerprint density at radius 3 is 2.79 bits per heavy atom. The Labute approximate surface area is 115 Å². The van der Waals surface area contributed by atoms with E-state index >= 15 is 0 Å². The van der Waals surface area contributed by atoms with Crippen LogP contribution in [0, 0.1) is 0 Å². The third kappa shape index (κ3) is 4.21. The molecule has 0 aromatic carbocycles. The summed E-state index contributed by atoms with van der Waals surface area (Å²) in [4.78, 5) is 31.0. The maximum absolute atomic E-state index is 12.2. The van der Waals surface area contributed by atoms with Gasteiger partial charge >= 0.3 is 13.5 Å². The minimum absolute atomic E-state index is 0.175. The fraction of sp³-hybridized carbons (Fsp3) is 0.833. The van der Waals surface area contributed by atoms with Crippen molar-refractivity contribution in [3.63, 3.8) is 0 Å². The van der Waals surface area contributed by atoms with Gasteiger partial charge in [0, 0.05) is 13.7 Å². The minimum atomic E-state index is -0.441. The monoisotopic (exact) mass is 269 g/mol. The van der Waals surface area contributed by atoms with E-state index in [-0.39, 0.29) is 11.7 Å². The number of amides is 2. The van der Waals surface area contributed by atoms with Gasteiger partial charge in [0.15, 0.2) is 0 Å². The summed E-state index contributed by atoms with van der Waals surface area (Å²) in [7, 11) is 2.59. The van der Waals surface area contributed by atoms with E-state index in [4.69, 9.17) is 9.49 Å². The highest BCUT2D eigenvalue weighted by Gasteiger charge is 2.37. The summed E-state index contributed by atoms with van der Waals surface area (Å²) in [5.41, 5.74) is -0.175. The molecule has 0 aliphatic carbocycles. The van der Waals surface area contributed by atoms with Gasteiger partial charge in [-0.1, -0.05) is 13.3 Å². The molecule has 0 N–H and O–H groups in total.